The summed E-state index contributed by atoms with van der Waals surface area (Å²) < 4.78 is 1.66. The number of fused-ring (bicyclic) bond motifs is 1. The Kier molecular flexibility index (Phi) is 5.12. The average Bonchev–Trinajstić information content (AvgIpc) is 2.70. The monoisotopic (exact) mass is 378 g/mol. The molecule has 5 heteroatoms. The van der Waals surface area contributed by atoms with Gasteiger partial charge in [-0.1, -0.05) is 49.4 Å². The second kappa shape index (κ2) is 7.69. The maximum atomic E-state index is 13.3. The van der Waals surface area contributed by atoms with Crippen molar-refractivity contribution in [1.82, 2.24) is 9.55 Å². The molecule has 0 amide bonds. The highest BCUT2D eigenvalue weighted by atomic mass is 32.2. The Morgan fingerprint density at radius 1 is 1.07 bits per heavy atom. The largest absolute Gasteiger partial charge is 0.298 e. The number of hydrogen-bond acceptors (Lipinski definition) is 4. The van der Waals surface area contributed by atoms with Crippen molar-refractivity contribution < 1.29 is 4.79 Å². The number of hydrogen-bond donors (Lipinski definition) is 0. The molecule has 0 radical (unpaired) electrons. The quantitative estimate of drug-likeness (QED) is 0.625. The lowest BCUT2D eigenvalue weighted by atomic mass is 9.99. The van der Waals surface area contributed by atoms with Gasteiger partial charge in [0.05, 0.1) is 21.8 Å². The van der Waals surface area contributed by atoms with Crippen LogP contribution in [0.2, 0.25) is 0 Å². The number of ketones is 1. The van der Waals surface area contributed by atoms with E-state index in [2.05, 4.69) is 6.92 Å². The number of aromatic nitrogens is 2. The van der Waals surface area contributed by atoms with Crippen LogP contribution in [0.15, 0.2) is 58.5 Å². The molecule has 1 aliphatic rings. The van der Waals surface area contributed by atoms with Gasteiger partial charge in [0.15, 0.2) is 5.16 Å². The van der Waals surface area contributed by atoms with Gasteiger partial charge in [-0.2, -0.15) is 0 Å². The van der Waals surface area contributed by atoms with Crippen LogP contribution in [0.1, 0.15) is 38.2 Å². The number of aryl methyl sites for hydroxylation is 1. The first-order valence-corrected chi connectivity index (χ1v) is 10.4. The molecule has 1 aromatic heterocycles. The molecule has 3 aromatic rings. The van der Waals surface area contributed by atoms with E-state index in [0.717, 1.165) is 31.4 Å². The molecule has 1 aliphatic carbocycles. The molecule has 0 bridgehead atoms. The maximum absolute atomic E-state index is 13.3. The molecule has 0 N–H and O–H groups in total. The summed E-state index contributed by atoms with van der Waals surface area (Å²) in [5.41, 5.74) is 2.60. The normalized spacial score (nSPS) is 17.4. The Bertz CT molecular complexity index is 1040. The third kappa shape index (κ3) is 3.56. The van der Waals surface area contributed by atoms with Gasteiger partial charge in [-0.05, 0) is 49.1 Å². The first-order chi connectivity index (χ1) is 13.2. The summed E-state index contributed by atoms with van der Waals surface area (Å²) in [6.07, 6.45) is 4.43. The second-order valence-corrected chi connectivity index (χ2v) is 8.06. The van der Waals surface area contributed by atoms with Crippen LogP contribution < -0.4 is 5.56 Å². The van der Waals surface area contributed by atoms with Crippen LogP contribution in [0.3, 0.4) is 0 Å². The number of benzene rings is 2. The SMILES string of the molecule is CCc1ccc(-n2c(SC3CCCCC3=O)nc3ccccc3c2=O)cc1. The van der Waals surface area contributed by atoms with E-state index in [4.69, 9.17) is 4.98 Å². The molecule has 138 valence electrons. The van der Waals surface area contributed by atoms with Crippen LogP contribution in [-0.4, -0.2) is 20.6 Å². The molecule has 1 saturated carbocycles. The zero-order valence-electron chi connectivity index (χ0n) is 15.4. The fourth-order valence-corrected chi connectivity index (χ4v) is 4.74. The van der Waals surface area contributed by atoms with Crippen molar-refractivity contribution in [3.63, 3.8) is 0 Å². The third-order valence-corrected chi connectivity index (χ3v) is 6.36. The van der Waals surface area contributed by atoms with E-state index in [1.54, 1.807) is 4.57 Å². The summed E-state index contributed by atoms with van der Waals surface area (Å²) in [5, 5.41) is 1.08. The Morgan fingerprint density at radius 3 is 2.59 bits per heavy atom. The number of carbonyl (C=O) groups excluding carboxylic acids is 1. The number of para-hydroxylation sites is 1. The van der Waals surface area contributed by atoms with Crippen molar-refractivity contribution in [3.8, 4) is 5.69 Å². The molecule has 1 unspecified atom stereocenters. The topological polar surface area (TPSA) is 52.0 Å². The minimum absolute atomic E-state index is 0.0874. The summed E-state index contributed by atoms with van der Waals surface area (Å²) in [5.74, 6) is 0.265. The van der Waals surface area contributed by atoms with Crippen molar-refractivity contribution in [1.29, 1.82) is 0 Å². The standard InChI is InChI=1S/C22H22N2O2S/c1-2-15-11-13-16(14-12-15)24-21(26)17-7-3-4-8-18(17)23-22(24)27-20-10-6-5-9-19(20)25/h3-4,7-8,11-14,20H,2,5-6,9-10H2,1H3. The van der Waals surface area contributed by atoms with Crippen LogP contribution in [0.25, 0.3) is 16.6 Å². The van der Waals surface area contributed by atoms with Crippen LogP contribution in [-0.2, 0) is 11.2 Å². The van der Waals surface area contributed by atoms with E-state index in [1.807, 2.05) is 48.5 Å². The highest BCUT2D eigenvalue weighted by Crippen LogP contribution is 2.32. The van der Waals surface area contributed by atoms with Crippen LogP contribution in [0.5, 0.6) is 0 Å². The Balaban J connectivity index is 1.86. The van der Waals surface area contributed by atoms with Gasteiger partial charge < -0.3 is 0 Å². The van der Waals surface area contributed by atoms with Gasteiger partial charge in [0.2, 0.25) is 0 Å². The lowest BCUT2D eigenvalue weighted by Gasteiger charge is -2.21. The molecule has 27 heavy (non-hydrogen) atoms. The van der Waals surface area contributed by atoms with Crippen LogP contribution in [0.4, 0.5) is 0 Å². The van der Waals surface area contributed by atoms with Crippen LogP contribution in [0, 0.1) is 0 Å². The van der Waals surface area contributed by atoms with E-state index < -0.39 is 0 Å². The Labute approximate surface area is 162 Å². The number of thioether (sulfide) groups is 1. The van der Waals surface area contributed by atoms with Gasteiger partial charge in [-0.25, -0.2) is 4.98 Å². The molecule has 2 aromatic carbocycles. The fourth-order valence-electron chi connectivity index (χ4n) is 3.50. The zero-order chi connectivity index (χ0) is 18.8. The first-order valence-electron chi connectivity index (χ1n) is 9.48. The van der Waals surface area contributed by atoms with Crippen molar-refractivity contribution in [2.45, 2.75) is 49.4 Å². The van der Waals surface area contributed by atoms with E-state index in [9.17, 15) is 9.59 Å². The van der Waals surface area contributed by atoms with E-state index in [-0.39, 0.29) is 16.6 Å². The van der Waals surface area contributed by atoms with Gasteiger partial charge in [-0.3, -0.25) is 14.2 Å². The van der Waals surface area contributed by atoms with Gasteiger partial charge in [0.25, 0.3) is 5.56 Å². The van der Waals surface area contributed by atoms with Gasteiger partial charge in [-0.15, -0.1) is 0 Å². The Hall–Kier alpha value is -2.40. The molecule has 1 heterocycles. The summed E-state index contributed by atoms with van der Waals surface area (Å²) in [6, 6.07) is 15.4. The number of Topliss-reactive ketones (excluding diaryl/α,β-unsaturated/α-hetero) is 1. The fraction of sp³-hybridized carbons (Fsp3) is 0.318. The molecular weight excluding hydrogens is 356 g/mol. The van der Waals surface area contributed by atoms with E-state index in [1.165, 1.54) is 17.3 Å². The zero-order valence-corrected chi connectivity index (χ0v) is 16.2. The van der Waals surface area contributed by atoms with Gasteiger partial charge in [0.1, 0.15) is 5.78 Å². The van der Waals surface area contributed by atoms with Gasteiger partial charge in [0, 0.05) is 6.42 Å². The van der Waals surface area contributed by atoms with Crippen molar-refractivity contribution in [3.05, 3.63) is 64.4 Å². The second-order valence-electron chi connectivity index (χ2n) is 6.89. The molecular formula is C22H22N2O2S. The predicted molar refractivity (Wildman–Crippen MR) is 110 cm³/mol. The van der Waals surface area contributed by atoms with E-state index >= 15 is 0 Å². The Morgan fingerprint density at radius 2 is 1.85 bits per heavy atom. The van der Waals surface area contributed by atoms with Crippen molar-refractivity contribution in [2.24, 2.45) is 0 Å². The van der Waals surface area contributed by atoms with Crippen molar-refractivity contribution >= 4 is 28.4 Å². The first kappa shape index (κ1) is 18.0. The number of rotatable bonds is 4. The summed E-state index contributed by atoms with van der Waals surface area (Å²) in [6.45, 7) is 2.11. The van der Waals surface area contributed by atoms with Crippen molar-refractivity contribution in [2.75, 3.05) is 0 Å². The molecule has 0 aliphatic heterocycles. The molecule has 1 atom stereocenters. The number of nitrogens with zero attached hydrogens (tertiary/aromatic N) is 2. The summed E-state index contributed by atoms with van der Waals surface area (Å²) in [4.78, 5) is 30.4. The van der Waals surface area contributed by atoms with Crippen LogP contribution >= 0.6 is 11.8 Å². The molecule has 4 nitrogen and oxygen atoms in total. The summed E-state index contributed by atoms with van der Waals surface area (Å²) >= 11 is 1.44. The maximum Gasteiger partial charge on any atom is 0.266 e. The molecule has 0 saturated heterocycles. The molecule has 1 fully saturated rings. The third-order valence-electron chi connectivity index (χ3n) is 5.09. The minimum Gasteiger partial charge on any atom is -0.298 e. The minimum atomic E-state index is -0.118. The van der Waals surface area contributed by atoms with Gasteiger partial charge >= 0.3 is 0 Å². The summed E-state index contributed by atoms with van der Waals surface area (Å²) in [7, 11) is 0. The average molecular weight is 378 g/mol. The predicted octanol–water partition coefficient (Wildman–Crippen LogP) is 4.55. The lowest BCUT2D eigenvalue weighted by molar-refractivity contribution is -0.119. The number of carbonyl (C=O) groups is 1. The highest BCUT2D eigenvalue weighted by molar-refractivity contribution is 8.00. The highest BCUT2D eigenvalue weighted by Gasteiger charge is 2.26. The molecule has 4 rings (SSSR count). The van der Waals surface area contributed by atoms with E-state index in [0.29, 0.717) is 22.5 Å². The molecule has 0 spiro atoms. The lowest BCUT2D eigenvalue weighted by Crippen LogP contribution is -2.26. The smallest absolute Gasteiger partial charge is 0.266 e.